The number of aldehydes is 1. The molecule has 58 valence electrons. The van der Waals surface area contributed by atoms with E-state index in [1.165, 1.54) is 0 Å². The molecule has 0 aliphatic heterocycles. The number of nitrogens with zero attached hydrogens (tertiary/aromatic N) is 1. The molecule has 0 atom stereocenters. The number of anilines is 1. The molecule has 1 aromatic heterocycles. The van der Waals surface area contributed by atoms with Gasteiger partial charge in [-0.1, -0.05) is 0 Å². The van der Waals surface area contributed by atoms with E-state index in [1.807, 2.05) is 0 Å². The number of pyridine rings is 1. The molecule has 1 heterocycles. The highest BCUT2D eigenvalue weighted by atomic mass is 79.9. The first-order valence-corrected chi connectivity index (χ1v) is 4.30. The third-order valence-corrected chi connectivity index (χ3v) is 2.14. The van der Waals surface area contributed by atoms with Gasteiger partial charge in [-0.2, -0.15) is 0 Å². The summed E-state index contributed by atoms with van der Waals surface area (Å²) in [4.78, 5) is 14.3. The number of rotatable bonds is 1. The molecule has 0 aliphatic carbocycles. The van der Waals surface area contributed by atoms with E-state index in [0.717, 1.165) is 0 Å². The average molecular weight is 280 g/mol. The predicted molar refractivity (Wildman–Crippen MR) is 49.4 cm³/mol. The van der Waals surface area contributed by atoms with E-state index >= 15 is 0 Å². The summed E-state index contributed by atoms with van der Waals surface area (Å²) < 4.78 is 1.06. The van der Waals surface area contributed by atoms with E-state index in [4.69, 9.17) is 5.73 Å². The van der Waals surface area contributed by atoms with Crippen molar-refractivity contribution in [3.05, 3.63) is 20.8 Å². The van der Waals surface area contributed by atoms with Crippen molar-refractivity contribution in [3.63, 3.8) is 0 Å². The molecule has 0 bridgehead atoms. The van der Waals surface area contributed by atoms with E-state index in [-0.39, 0.29) is 0 Å². The molecular formula is C6H4Br2N2O. The van der Waals surface area contributed by atoms with Crippen molar-refractivity contribution in [2.75, 3.05) is 5.73 Å². The smallest absolute Gasteiger partial charge is 0.154 e. The zero-order chi connectivity index (χ0) is 8.43. The second-order valence-corrected chi connectivity index (χ2v) is 3.42. The van der Waals surface area contributed by atoms with Gasteiger partial charge in [0.1, 0.15) is 9.21 Å². The van der Waals surface area contributed by atoms with Crippen LogP contribution in [0.2, 0.25) is 0 Å². The summed E-state index contributed by atoms with van der Waals surface area (Å²) in [7, 11) is 0. The molecule has 0 saturated heterocycles. The van der Waals surface area contributed by atoms with E-state index in [2.05, 4.69) is 36.8 Å². The minimum atomic E-state index is 0.383. The van der Waals surface area contributed by atoms with E-state index in [9.17, 15) is 4.79 Å². The Hall–Kier alpha value is -0.420. The lowest BCUT2D eigenvalue weighted by Crippen LogP contribution is -1.96. The quantitative estimate of drug-likeness (QED) is 0.632. The molecular weight excluding hydrogens is 276 g/mol. The number of carbonyl (C=O) groups excluding carboxylic acids is 1. The number of hydrogen-bond acceptors (Lipinski definition) is 3. The third kappa shape index (κ3) is 1.78. The van der Waals surface area contributed by atoms with Crippen molar-refractivity contribution in [1.29, 1.82) is 0 Å². The summed E-state index contributed by atoms with van der Waals surface area (Å²) in [6.07, 6.45) is 0.666. The van der Waals surface area contributed by atoms with Crippen LogP contribution in [-0.4, -0.2) is 11.3 Å². The van der Waals surface area contributed by atoms with Gasteiger partial charge in [0.05, 0.1) is 5.56 Å². The van der Waals surface area contributed by atoms with Crippen LogP contribution in [0.15, 0.2) is 15.3 Å². The maximum atomic E-state index is 10.4. The van der Waals surface area contributed by atoms with Gasteiger partial charge in [-0.15, -0.1) is 0 Å². The Kier molecular flexibility index (Phi) is 2.62. The Balaban J connectivity index is 3.36. The fourth-order valence-electron chi connectivity index (χ4n) is 0.628. The Morgan fingerprint density at radius 1 is 1.55 bits per heavy atom. The van der Waals surface area contributed by atoms with Crippen molar-refractivity contribution in [2.24, 2.45) is 0 Å². The van der Waals surface area contributed by atoms with Gasteiger partial charge in [0.25, 0.3) is 0 Å². The minimum Gasteiger partial charge on any atom is -0.398 e. The summed E-state index contributed by atoms with van der Waals surface area (Å²) in [5.74, 6) is 0. The summed E-state index contributed by atoms with van der Waals surface area (Å²) in [5, 5.41) is 0. The van der Waals surface area contributed by atoms with Gasteiger partial charge in [0, 0.05) is 5.69 Å². The molecule has 2 N–H and O–H groups in total. The number of halogens is 2. The Bertz CT molecular complexity index is 278. The first kappa shape index (κ1) is 8.67. The van der Waals surface area contributed by atoms with E-state index < -0.39 is 0 Å². The van der Waals surface area contributed by atoms with Gasteiger partial charge in [-0.25, -0.2) is 4.98 Å². The summed E-state index contributed by atoms with van der Waals surface area (Å²) in [5.41, 5.74) is 6.29. The van der Waals surface area contributed by atoms with Crippen molar-refractivity contribution >= 4 is 43.8 Å². The van der Waals surface area contributed by atoms with Crippen LogP contribution >= 0.6 is 31.9 Å². The first-order valence-electron chi connectivity index (χ1n) is 2.72. The SMILES string of the molecule is Nc1cc(Br)nc(Br)c1C=O. The van der Waals surface area contributed by atoms with Crippen LogP contribution in [0.1, 0.15) is 10.4 Å². The predicted octanol–water partition coefficient (Wildman–Crippen LogP) is 2.00. The Labute approximate surface area is 80.3 Å². The summed E-state index contributed by atoms with van der Waals surface area (Å²) in [6.45, 7) is 0. The summed E-state index contributed by atoms with van der Waals surface area (Å²) in [6, 6.07) is 1.58. The lowest BCUT2D eigenvalue weighted by Gasteiger charge is -2.00. The number of hydrogen-bond donors (Lipinski definition) is 1. The van der Waals surface area contributed by atoms with Crippen LogP contribution in [-0.2, 0) is 0 Å². The van der Waals surface area contributed by atoms with Crippen molar-refractivity contribution in [3.8, 4) is 0 Å². The van der Waals surface area contributed by atoms with Crippen LogP contribution in [0.5, 0.6) is 0 Å². The van der Waals surface area contributed by atoms with Crippen LogP contribution in [0.3, 0.4) is 0 Å². The van der Waals surface area contributed by atoms with Crippen molar-refractivity contribution in [1.82, 2.24) is 4.98 Å². The van der Waals surface area contributed by atoms with Crippen molar-refractivity contribution < 1.29 is 4.79 Å². The first-order chi connectivity index (χ1) is 5.15. The van der Waals surface area contributed by atoms with Gasteiger partial charge in [-0.3, -0.25) is 4.79 Å². The molecule has 3 nitrogen and oxygen atoms in total. The normalized spacial score (nSPS) is 9.64. The van der Waals surface area contributed by atoms with Gasteiger partial charge in [0.15, 0.2) is 6.29 Å². The number of aromatic nitrogens is 1. The van der Waals surface area contributed by atoms with Crippen LogP contribution < -0.4 is 5.73 Å². The highest BCUT2D eigenvalue weighted by Gasteiger charge is 2.05. The maximum Gasteiger partial charge on any atom is 0.154 e. The molecule has 1 rings (SSSR count). The largest absolute Gasteiger partial charge is 0.398 e. The Morgan fingerprint density at radius 3 is 2.64 bits per heavy atom. The fourth-order valence-corrected chi connectivity index (χ4v) is 1.80. The maximum absolute atomic E-state index is 10.4. The van der Waals surface area contributed by atoms with E-state index in [1.54, 1.807) is 6.07 Å². The molecule has 5 heteroatoms. The third-order valence-electron chi connectivity index (χ3n) is 1.13. The zero-order valence-electron chi connectivity index (χ0n) is 5.34. The fraction of sp³-hybridized carbons (Fsp3) is 0. The molecule has 0 aliphatic rings. The molecule has 1 aromatic rings. The minimum absolute atomic E-state index is 0.383. The van der Waals surface area contributed by atoms with Crippen LogP contribution in [0.25, 0.3) is 0 Å². The highest BCUT2D eigenvalue weighted by Crippen LogP contribution is 2.22. The molecule has 0 unspecified atom stereocenters. The second-order valence-electron chi connectivity index (χ2n) is 1.86. The zero-order valence-corrected chi connectivity index (χ0v) is 8.52. The number of nitrogen functional groups attached to an aromatic ring is 1. The monoisotopic (exact) mass is 278 g/mol. The Morgan fingerprint density at radius 2 is 2.18 bits per heavy atom. The molecule has 0 amide bonds. The molecule has 0 aromatic carbocycles. The topological polar surface area (TPSA) is 56.0 Å². The standard InChI is InChI=1S/C6H4Br2N2O/c7-5-1-4(9)3(2-11)6(8)10-5/h1-2H,(H2,9,10). The average Bonchev–Trinajstić information content (AvgIpc) is 1.85. The molecule has 0 saturated carbocycles. The molecule has 0 spiro atoms. The highest BCUT2D eigenvalue weighted by molar-refractivity contribution is 9.11. The molecule has 0 radical (unpaired) electrons. The second kappa shape index (κ2) is 3.32. The van der Waals surface area contributed by atoms with Gasteiger partial charge >= 0.3 is 0 Å². The van der Waals surface area contributed by atoms with Crippen LogP contribution in [0, 0.1) is 0 Å². The lowest BCUT2D eigenvalue weighted by molar-refractivity contribution is 0.112. The van der Waals surface area contributed by atoms with Gasteiger partial charge < -0.3 is 5.73 Å². The van der Waals surface area contributed by atoms with Gasteiger partial charge in [-0.05, 0) is 37.9 Å². The lowest BCUT2D eigenvalue weighted by atomic mass is 10.3. The van der Waals surface area contributed by atoms with Gasteiger partial charge in [0.2, 0.25) is 0 Å². The number of carbonyl (C=O) groups is 1. The van der Waals surface area contributed by atoms with Crippen molar-refractivity contribution in [2.45, 2.75) is 0 Å². The van der Waals surface area contributed by atoms with Crippen LogP contribution in [0.4, 0.5) is 5.69 Å². The van der Waals surface area contributed by atoms with E-state index in [0.29, 0.717) is 26.7 Å². The number of nitrogens with two attached hydrogens (primary N) is 1. The summed E-state index contributed by atoms with van der Waals surface area (Å²) >= 11 is 6.24. The molecule has 0 fully saturated rings. The molecule has 11 heavy (non-hydrogen) atoms.